The number of benzene rings is 3. The van der Waals surface area contributed by atoms with E-state index in [-0.39, 0.29) is 23.5 Å². The van der Waals surface area contributed by atoms with E-state index in [1.807, 2.05) is 0 Å². The van der Waals surface area contributed by atoms with E-state index in [1.165, 1.54) is 0 Å². The Morgan fingerprint density at radius 3 is 2.15 bits per heavy atom. The average molecular weight is 581 g/mol. The van der Waals surface area contributed by atoms with E-state index in [0.717, 1.165) is 24.3 Å². The Labute approximate surface area is 219 Å². The van der Waals surface area contributed by atoms with Crippen molar-refractivity contribution in [2.75, 3.05) is 0 Å². The summed E-state index contributed by atoms with van der Waals surface area (Å²) in [4.78, 5) is 13.0. The molecule has 4 nitrogen and oxygen atoms in total. The Kier molecular flexibility index (Phi) is 7.90. The van der Waals surface area contributed by atoms with Gasteiger partial charge in [0.15, 0.2) is 11.6 Å². The number of nitrogens with one attached hydrogen (secondary N) is 1. The Balaban J connectivity index is 1.77. The summed E-state index contributed by atoms with van der Waals surface area (Å²) in [6, 6.07) is 4.59. The largest absolute Gasteiger partial charge is 0.487 e. The second kappa shape index (κ2) is 10.9. The first-order chi connectivity index (χ1) is 18.6. The fourth-order valence-corrected chi connectivity index (χ4v) is 3.62. The van der Waals surface area contributed by atoms with E-state index in [4.69, 9.17) is 4.74 Å². The Bertz CT molecular complexity index is 1410. The molecule has 1 atom stereocenters. The first-order valence-electron chi connectivity index (χ1n) is 11.4. The lowest BCUT2D eigenvalue weighted by Crippen LogP contribution is -2.33. The van der Waals surface area contributed by atoms with E-state index in [1.54, 1.807) is 0 Å². The lowest BCUT2D eigenvalue weighted by Gasteiger charge is -2.23. The number of hydrogen-bond acceptors (Lipinski definition) is 3. The van der Waals surface area contributed by atoms with Gasteiger partial charge in [0.2, 0.25) is 0 Å². The lowest BCUT2D eigenvalue weighted by atomic mass is 9.97. The van der Waals surface area contributed by atoms with Gasteiger partial charge in [0.1, 0.15) is 17.4 Å². The van der Waals surface area contributed by atoms with Gasteiger partial charge in [-0.2, -0.15) is 30.7 Å². The number of hydrogen-bond donors (Lipinski definition) is 1. The number of ether oxygens (including phenoxy) is 2. The zero-order valence-electron chi connectivity index (χ0n) is 19.8. The summed E-state index contributed by atoms with van der Waals surface area (Å²) in [5, 5.41) is 2.26. The SMILES string of the molecule is O=C(NC(c1cc(F)cc(OC(F)(F)C(F)F)c1)c1ccc(F)c(OC2CC2)c1)c1ccc(F)c(C(F)(F)F)c1. The van der Waals surface area contributed by atoms with Gasteiger partial charge in [-0.15, -0.1) is 0 Å². The maximum absolute atomic E-state index is 14.4. The molecule has 0 spiro atoms. The van der Waals surface area contributed by atoms with Crippen LogP contribution in [-0.4, -0.2) is 24.5 Å². The highest BCUT2D eigenvalue weighted by Crippen LogP contribution is 2.36. The summed E-state index contributed by atoms with van der Waals surface area (Å²) in [7, 11) is 0. The van der Waals surface area contributed by atoms with Gasteiger partial charge in [0, 0.05) is 11.6 Å². The van der Waals surface area contributed by atoms with Crippen LogP contribution < -0.4 is 14.8 Å². The average Bonchev–Trinajstić information content (AvgIpc) is 3.67. The minimum atomic E-state index is -5.16. The van der Waals surface area contributed by atoms with Gasteiger partial charge in [-0.25, -0.2) is 13.2 Å². The maximum atomic E-state index is 14.4. The second-order valence-electron chi connectivity index (χ2n) is 8.79. The molecule has 3 aromatic rings. The maximum Gasteiger partial charge on any atom is 0.461 e. The summed E-state index contributed by atoms with van der Waals surface area (Å²) in [5.41, 5.74) is -2.89. The highest BCUT2D eigenvalue weighted by molar-refractivity contribution is 5.95. The minimum absolute atomic E-state index is 0.0549. The summed E-state index contributed by atoms with van der Waals surface area (Å²) in [5.74, 6) is -6.37. The lowest BCUT2D eigenvalue weighted by molar-refractivity contribution is -0.253. The minimum Gasteiger partial charge on any atom is -0.487 e. The molecule has 1 fully saturated rings. The molecule has 4 rings (SSSR count). The van der Waals surface area contributed by atoms with E-state index in [0.29, 0.717) is 37.1 Å². The summed E-state index contributed by atoms with van der Waals surface area (Å²) >= 11 is 0. The molecule has 0 radical (unpaired) electrons. The van der Waals surface area contributed by atoms with E-state index >= 15 is 0 Å². The van der Waals surface area contributed by atoms with Crippen molar-refractivity contribution >= 4 is 5.91 Å². The Morgan fingerprint density at radius 2 is 1.52 bits per heavy atom. The summed E-state index contributed by atoms with van der Waals surface area (Å²) in [6.45, 7) is 0. The topological polar surface area (TPSA) is 47.6 Å². The Morgan fingerprint density at radius 1 is 0.850 bits per heavy atom. The second-order valence-corrected chi connectivity index (χ2v) is 8.79. The van der Waals surface area contributed by atoms with Crippen LogP contribution in [0.5, 0.6) is 11.5 Å². The predicted octanol–water partition coefficient (Wildman–Crippen LogP) is 7.42. The number of carbonyl (C=O) groups excluding carboxylic acids is 1. The molecule has 1 aliphatic rings. The van der Waals surface area contributed by atoms with Gasteiger partial charge in [-0.1, -0.05) is 6.07 Å². The predicted molar refractivity (Wildman–Crippen MR) is 119 cm³/mol. The van der Waals surface area contributed by atoms with Gasteiger partial charge < -0.3 is 14.8 Å². The highest BCUT2D eigenvalue weighted by atomic mass is 19.4. The third-order valence-corrected chi connectivity index (χ3v) is 5.65. The van der Waals surface area contributed by atoms with Crippen molar-refractivity contribution < 1.29 is 58.2 Å². The number of rotatable bonds is 9. The molecule has 0 heterocycles. The normalized spacial score (nSPS) is 14.7. The third-order valence-electron chi connectivity index (χ3n) is 5.65. The molecule has 0 bridgehead atoms. The van der Waals surface area contributed by atoms with Gasteiger partial charge in [0.25, 0.3) is 5.91 Å². The van der Waals surface area contributed by atoms with Crippen LogP contribution in [0, 0.1) is 17.5 Å². The van der Waals surface area contributed by atoms with Gasteiger partial charge in [-0.3, -0.25) is 4.79 Å². The Hall–Kier alpha value is -3.97. The van der Waals surface area contributed by atoms with Crippen molar-refractivity contribution in [1.82, 2.24) is 5.32 Å². The van der Waals surface area contributed by atoms with Crippen molar-refractivity contribution in [3.63, 3.8) is 0 Å². The van der Waals surface area contributed by atoms with Crippen LogP contribution in [0.1, 0.15) is 45.9 Å². The fourth-order valence-electron chi connectivity index (χ4n) is 3.62. The third kappa shape index (κ3) is 6.77. The van der Waals surface area contributed by atoms with Crippen LogP contribution in [0.15, 0.2) is 54.6 Å². The molecule has 14 heteroatoms. The first kappa shape index (κ1) is 29.0. The van der Waals surface area contributed by atoms with Crippen LogP contribution in [-0.2, 0) is 6.18 Å². The van der Waals surface area contributed by atoms with Crippen molar-refractivity contribution in [3.8, 4) is 11.5 Å². The molecule has 3 aromatic carbocycles. The van der Waals surface area contributed by atoms with Crippen LogP contribution >= 0.6 is 0 Å². The van der Waals surface area contributed by atoms with E-state index < -0.39 is 70.6 Å². The standard InChI is InChI=1S/C26H17F10NO3/c27-15-7-14(8-17(11-15)40-26(35,36)24(30)31)22(12-1-6-20(29)21(10-12)39-16-3-4-16)37-23(38)13-2-5-19(28)18(9-13)25(32,33)34/h1-2,5-11,16,22,24H,3-4H2,(H,37,38). The van der Waals surface area contributed by atoms with Crippen molar-refractivity contribution in [2.24, 2.45) is 0 Å². The van der Waals surface area contributed by atoms with Gasteiger partial charge >= 0.3 is 18.7 Å². The van der Waals surface area contributed by atoms with Crippen LogP contribution in [0.25, 0.3) is 0 Å². The van der Waals surface area contributed by atoms with Crippen molar-refractivity contribution in [1.29, 1.82) is 0 Å². The molecule has 0 aromatic heterocycles. The number of carbonyl (C=O) groups is 1. The number of alkyl halides is 7. The first-order valence-corrected chi connectivity index (χ1v) is 11.4. The highest BCUT2D eigenvalue weighted by Gasteiger charge is 2.44. The summed E-state index contributed by atoms with van der Waals surface area (Å²) < 4.78 is 144. The molecule has 0 aliphatic heterocycles. The molecule has 1 amide bonds. The molecule has 214 valence electrons. The van der Waals surface area contributed by atoms with Gasteiger partial charge in [0.05, 0.1) is 17.7 Å². The molecule has 40 heavy (non-hydrogen) atoms. The quantitative estimate of drug-likeness (QED) is 0.268. The zero-order chi connectivity index (χ0) is 29.4. The fraction of sp³-hybridized carbons (Fsp3) is 0.269. The number of halogens is 10. The molecular formula is C26H17F10NO3. The van der Waals surface area contributed by atoms with E-state index in [2.05, 4.69) is 10.1 Å². The van der Waals surface area contributed by atoms with Gasteiger partial charge in [-0.05, 0) is 66.4 Å². The van der Waals surface area contributed by atoms with Crippen molar-refractivity contribution in [2.45, 2.75) is 43.7 Å². The molecule has 1 N–H and O–H groups in total. The van der Waals surface area contributed by atoms with Crippen molar-refractivity contribution in [3.05, 3.63) is 94.3 Å². The molecule has 0 saturated heterocycles. The zero-order valence-corrected chi connectivity index (χ0v) is 19.8. The monoisotopic (exact) mass is 581 g/mol. The number of amides is 1. The van der Waals surface area contributed by atoms with Crippen LogP contribution in [0.4, 0.5) is 43.9 Å². The molecular weight excluding hydrogens is 564 g/mol. The van der Waals surface area contributed by atoms with E-state index in [9.17, 15) is 48.7 Å². The molecule has 1 unspecified atom stereocenters. The van der Waals surface area contributed by atoms with Crippen LogP contribution in [0.2, 0.25) is 0 Å². The smallest absolute Gasteiger partial charge is 0.461 e. The molecule has 1 saturated carbocycles. The molecule has 1 aliphatic carbocycles. The summed E-state index contributed by atoms with van der Waals surface area (Å²) in [6.07, 6.45) is -13.5. The van der Waals surface area contributed by atoms with Crippen LogP contribution in [0.3, 0.4) is 0 Å².